The number of benzene rings is 1. The van der Waals surface area contributed by atoms with Crippen LogP contribution in [0.25, 0.3) is 16.8 Å². The fraction of sp³-hybridized carbons (Fsp3) is 0.158. The molecule has 0 spiro atoms. The number of hydrogen-bond acceptors (Lipinski definition) is 3. The number of nitrogens with zero attached hydrogens (tertiary/aromatic N) is 3. The Balaban J connectivity index is 1.97. The van der Waals surface area contributed by atoms with Crippen LogP contribution in [-0.4, -0.2) is 33.6 Å². The maximum Gasteiger partial charge on any atom is 0.573 e. The summed E-state index contributed by atoms with van der Waals surface area (Å²) in [6.45, 7) is 3.81. The summed E-state index contributed by atoms with van der Waals surface area (Å²) in [5.41, 5.74) is 2.90. The van der Waals surface area contributed by atoms with Crippen molar-refractivity contribution in [2.75, 3.05) is 7.05 Å². The number of hydrogen-bond donors (Lipinski definition) is 0. The molecule has 0 aliphatic heterocycles. The Kier molecular flexibility index (Phi) is 4.89. The fourth-order valence-corrected chi connectivity index (χ4v) is 2.73. The van der Waals surface area contributed by atoms with E-state index >= 15 is 0 Å². The van der Waals surface area contributed by atoms with Crippen LogP contribution in [0.15, 0.2) is 61.6 Å². The highest BCUT2D eigenvalue weighted by atomic mass is 19.4. The lowest BCUT2D eigenvalue weighted by Gasteiger charge is -2.16. The number of alkyl halides is 3. The SMILES string of the molecule is C=CC(=O)N(C)Cc1cc(-c2ccc(OC(F)(F)F)cc2)c2nccn2c1. The van der Waals surface area contributed by atoms with Crippen LogP contribution in [0.1, 0.15) is 5.56 Å². The second-order valence-corrected chi connectivity index (χ2v) is 5.89. The number of carbonyl (C=O) groups is 1. The molecule has 2 aromatic heterocycles. The third-order valence-electron chi connectivity index (χ3n) is 3.91. The number of halogens is 3. The van der Waals surface area contributed by atoms with Crippen molar-refractivity contribution < 1.29 is 22.7 Å². The highest BCUT2D eigenvalue weighted by Crippen LogP contribution is 2.29. The number of ether oxygens (including phenoxy) is 1. The van der Waals surface area contributed by atoms with Crippen molar-refractivity contribution >= 4 is 11.6 Å². The predicted octanol–water partition coefficient (Wildman–Crippen LogP) is 4.04. The second kappa shape index (κ2) is 7.14. The monoisotopic (exact) mass is 375 g/mol. The summed E-state index contributed by atoms with van der Waals surface area (Å²) in [4.78, 5) is 17.5. The lowest BCUT2D eigenvalue weighted by atomic mass is 10.0. The minimum Gasteiger partial charge on any atom is -0.406 e. The van der Waals surface area contributed by atoms with Crippen LogP contribution >= 0.6 is 0 Å². The van der Waals surface area contributed by atoms with Gasteiger partial charge in [-0.25, -0.2) is 4.98 Å². The number of fused-ring (bicyclic) bond motifs is 1. The van der Waals surface area contributed by atoms with Crippen LogP contribution in [0.5, 0.6) is 5.75 Å². The third-order valence-corrected chi connectivity index (χ3v) is 3.91. The Bertz CT molecular complexity index is 978. The molecule has 0 saturated heterocycles. The average molecular weight is 375 g/mol. The quantitative estimate of drug-likeness (QED) is 0.632. The molecule has 0 saturated carbocycles. The zero-order valence-electron chi connectivity index (χ0n) is 14.4. The summed E-state index contributed by atoms with van der Waals surface area (Å²) in [7, 11) is 1.66. The van der Waals surface area contributed by atoms with E-state index in [1.165, 1.54) is 35.2 Å². The smallest absolute Gasteiger partial charge is 0.406 e. The molecule has 2 heterocycles. The summed E-state index contributed by atoms with van der Waals surface area (Å²) in [5, 5.41) is 0. The van der Waals surface area contributed by atoms with Crippen molar-refractivity contribution in [2.45, 2.75) is 12.9 Å². The first kappa shape index (κ1) is 18.5. The second-order valence-electron chi connectivity index (χ2n) is 5.89. The standard InChI is InChI=1S/C19H16F3N3O2/c1-3-17(26)24(2)11-13-10-16(18-23-8-9-25(18)12-13)14-4-6-15(7-5-14)27-19(20,21)22/h3-10,12H,1,11H2,2H3. The summed E-state index contributed by atoms with van der Waals surface area (Å²) in [6, 6.07) is 7.43. The summed E-state index contributed by atoms with van der Waals surface area (Å²) < 4.78 is 42.7. The van der Waals surface area contributed by atoms with Crippen LogP contribution in [-0.2, 0) is 11.3 Å². The predicted molar refractivity (Wildman–Crippen MR) is 94.0 cm³/mol. The van der Waals surface area contributed by atoms with Crippen molar-refractivity contribution in [1.29, 1.82) is 0 Å². The number of imidazole rings is 1. The Labute approximate surface area is 153 Å². The molecular formula is C19H16F3N3O2. The number of rotatable bonds is 5. The van der Waals surface area contributed by atoms with Crippen molar-refractivity contribution in [3.63, 3.8) is 0 Å². The van der Waals surface area contributed by atoms with Gasteiger partial charge in [-0.15, -0.1) is 13.2 Å². The number of pyridine rings is 1. The molecule has 0 N–H and O–H groups in total. The topological polar surface area (TPSA) is 46.8 Å². The van der Waals surface area contributed by atoms with E-state index in [0.717, 1.165) is 11.1 Å². The van der Waals surface area contributed by atoms with Gasteiger partial charge in [0.05, 0.1) is 0 Å². The largest absolute Gasteiger partial charge is 0.573 e. The van der Waals surface area contributed by atoms with Crippen LogP contribution in [0.4, 0.5) is 13.2 Å². The molecule has 5 nitrogen and oxygen atoms in total. The molecule has 0 aliphatic carbocycles. The van der Waals surface area contributed by atoms with Crippen molar-refractivity contribution in [1.82, 2.24) is 14.3 Å². The highest BCUT2D eigenvalue weighted by Gasteiger charge is 2.31. The summed E-state index contributed by atoms with van der Waals surface area (Å²) in [5.74, 6) is -0.506. The van der Waals surface area contributed by atoms with Gasteiger partial charge in [0.15, 0.2) is 0 Å². The Hall–Kier alpha value is -3.29. The molecule has 1 aromatic carbocycles. The average Bonchev–Trinajstić information content (AvgIpc) is 3.08. The zero-order valence-corrected chi connectivity index (χ0v) is 14.4. The molecule has 0 atom stereocenters. The van der Waals surface area contributed by atoms with Gasteiger partial charge in [-0.1, -0.05) is 18.7 Å². The van der Waals surface area contributed by atoms with Crippen LogP contribution in [0.3, 0.4) is 0 Å². The molecule has 140 valence electrons. The van der Waals surface area contributed by atoms with Crippen molar-refractivity contribution in [3.05, 3.63) is 67.1 Å². The Morgan fingerprint density at radius 3 is 2.67 bits per heavy atom. The van der Waals surface area contributed by atoms with Gasteiger partial charge < -0.3 is 14.0 Å². The van der Waals surface area contributed by atoms with Crippen molar-refractivity contribution in [3.8, 4) is 16.9 Å². The van der Waals surface area contributed by atoms with Gasteiger partial charge in [0.2, 0.25) is 5.91 Å². The number of amides is 1. The number of carbonyl (C=O) groups excluding carboxylic acids is 1. The molecule has 1 amide bonds. The Morgan fingerprint density at radius 2 is 2.04 bits per heavy atom. The van der Waals surface area contributed by atoms with Crippen LogP contribution in [0, 0.1) is 0 Å². The van der Waals surface area contributed by atoms with Crippen LogP contribution < -0.4 is 4.74 Å². The molecule has 0 radical (unpaired) electrons. The van der Waals surface area contributed by atoms with E-state index in [0.29, 0.717) is 17.8 Å². The number of aromatic nitrogens is 2. The van der Waals surface area contributed by atoms with E-state index in [4.69, 9.17) is 0 Å². The van der Waals surface area contributed by atoms with Crippen molar-refractivity contribution in [2.24, 2.45) is 0 Å². The van der Waals surface area contributed by atoms with Gasteiger partial charge in [0, 0.05) is 37.7 Å². The fourth-order valence-electron chi connectivity index (χ4n) is 2.73. The van der Waals surface area contributed by atoms with E-state index < -0.39 is 6.36 Å². The minimum atomic E-state index is -4.74. The third kappa shape index (κ3) is 4.28. The van der Waals surface area contributed by atoms with Gasteiger partial charge in [-0.2, -0.15) is 0 Å². The lowest BCUT2D eigenvalue weighted by molar-refractivity contribution is -0.274. The molecule has 27 heavy (non-hydrogen) atoms. The highest BCUT2D eigenvalue weighted by molar-refractivity contribution is 5.86. The van der Waals surface area contributed by atoms with Gasteiger partial charge in [-0.05, 0) is 35.4 Å². The molecule has 8 heteroatoms. The van der Waals surface area contributed by atoms with Gasteiger partial charge >= 0.3 is 6.36 Å². The van der Waals surface area contributed by atoms with E-state index in [1.54, 1.807) is 23.8 Å². The first-order valence-corrected chi connectivity index (χ1v) is 7.96. The molecule has 0 fully saturated rings. The molecule has 0 bridgehead atoms. The number of likely N-dealkylation sites (N-methyl/N-ethyl adjacent to an activating group) is 1. The summed E-state index contributed by atoms with van der Waals surface area (Å²) in [6.07, 6.45) is 1.73. The first-order chi connectivity index (χ1) is 12.8. The zero-order chi connectivity index (χ0) is 19.6. The maximum atomic E-state index is 12.3. The van der Waals surface area contributed by atoms with E-state index in [1.807, 2.05) is 12.3 Å². The summed E-state index contributed by atoms with van der Waals surface area (Å²) >= 11 is 0. The van der Waals surface area contributed by atoms with Crippen LogP contribution in [0.2, 0.25) is 0 Å². The minimum absolute atomic E-state index is 0.212. The van der Waals surface area contributed by atoms with E-state index in [-0.39, 0.29) is 11.7 Å². The first-order valence-electron chi connectivity index (χ1n) is 7.96. The maximum absolute atomic E-state index is 12.3. The molecule has 0 aliphatic rings. The normalized spacial score (nSPS) is 11.4. The van der Waals surface area contributed by atoms with Gasteiger partial charge in [-0.3, -0.25) is 4.79 Å². The van der Waals surface area contributed by atoms with Gasteiger partial charge in [0.25, 0.3) is 0 Å². The Morgan fingerprint density at radius 1 is 1.33 bits per heavy atom. The van der Waals surface area contributed by atoms with E-state index in [2.05, 4.69) is 16.3 Å². The lowest BCUT2D eigenvalue weighted by Crippen LogP contribution is -2.24. The molecule has 0 unspecified atom stereocenters. The molecular weight excluding hydrogens is 359 g/mol. The molecule has 3 rings (SSSR count). The van der Waals surface area contributed by atoms with Gasteiger partial charge in [0.1, 0.15) is 11.4 Å². The van der Waals surface area contributed by atoms with E-state index in [9.17, 15) is 18.0 Å². The molecule has 3 aromatic rings.